The van der Waals surface area contributed by atoms with Crippen LogP contribution in [-0.4, -0.2) is 18.2 Å². The Hall–Kier alpha value is -3.23. The molecular weight excluding hydrogens is 411 g/mol. The maximum absolute atomic E-state index is 13.4. The number of ether oxygens (including phenoxy) is 2. The minimum absolute atomic E-state index is 0.198. The molecule has 0 heterocycles. The fraction of sp³-hybridized carbons (Fsp3) is 0.192. The second kappa shape index (κ2) is 10.2. The van der Waals surface area contributed by atoms with E-state index in [0.29, 0.717) is 5.75 Å². The SMILES string of the molecule is CC#CC(C)(C)OC(=O)COc1ccc([S+](c2ccccc2)c2ccc(F)cc2)cc1. The fourth-order valence-electron chi connectivity index (χ4n) is 2.99. The molecule has 0 bridgehead atoms. The lowest BCUT2D eigenvalue weighted by Crippen LogP contribution is -2.29. The van der Waals surface area contributed by atoms with Gasteiger partial charge in [0.2, 0.25) is 0 Å². The summed E-state index contributed by atoms with van der Waals surface area (Å²) in [6.07, 6.45) is 0. The molecule has 5 heteroatoms. The van der Waals surface area contributed by atoms with E-state index in [-0.39, 0.29) is 23.3 Å². The van der Waals surface area contributed by atoms with Crippen molar-refractivity contribution in [2.24, 2.45) is 0 Å². The number of halogens is 1. The van der Waals surface area contributed by atoms with Gasteiger partial charge in [0, 0.05) is 0 Å². The van der Waals surface area contributed by atoms with Crippen LogP contribution in [-0.2, 0) is 20.4 Å². The van der Waals surface area contributed by atoms with Crippen molar-refractivity contribution in [2.45, 2.75) is 41.1 Å². The normalized spacial score (nSPS) is 11.7. The number of rotatable bonds is 7. The highest BCUT2D eigenvalue weighted by Crippen LogP contribution is 2.32. The molecule has 0 saturated heterocycles. The first kappa shape index (κ1) is 22.5. The molecule has 0 fully saturated rings. The molecule has 3 aromatic rings. The van der Waals surface area contributed by atoms with Gasteiger partial charge < -0.3 is 9.47 Å². The van der Waals surface area contributed by atoms with Gasteiger partial charge in [-0.3, -0.25) is 0 Å². The molecule has 0 amide bonds. The first-order chi connectivity index (χ1) is 14.9. The maximum Gasteiger partial charge on any atom is 0.345 e. The van der Waals surface area contributed by atoms with Crippen LogP contribution >= 0.6 is 0 Å². The second-order valence-corrected chi connectivity index (χ2v) is 9.22. The zero-order valence-electron chi connectivity index (χ0n) is 17.7. The molecule has 3 aromatic carbocycles. The van der Waals surface area contributed by atoms with Gasteiger partial charge in [-0.2, -0.15) is 0 Å². The third-order valence-corrected chi connectivity index (χ3v) is 6.47. The molecule has 0 radical (unpaired) electrons. The van der Waals surface area contributed by atoms with E-state index >= 15 is 0 Å². The van der Waals surface area contributed by atoms with Crippen LogP contribution < -0.4 is 4.74 Å². The first-order valence-corrected chi connectivity index (χ1v) is 11.0. The minimum atomic E-state index is -0.849. The van der Waals surface area contributed by atoms with Gasteiger partial charge in [-0.25, -0.2) is 9.18 Å². The first-order valence-electron chi connectivity index (χ1n) is 9.81. The van der Waals surface area contributed by atoms with E-state index in [1.54, 1.807) is 20.8 Å². The van der Waals surface area contributed by atoms with E-state index in [1.165, 1.54) is 12.1 Å². The van der Waals surface area contributed by atoms with Crippen LogP contribution in [0.2, 0.25) is 0 Å². The topological polar surface area (TPSA) is 35.5 Å². The number of benzene rings is 3. The van der Waals surface area contributed by atoms with Crippen molar-refractivity contribution in [1.82, 2.24) is 0 Å². The second-order valence-electron chi connectivity index (χ2n) is 7.19. The molecule has 0 saturated carbocycles. The number of hydrogen-bond acceptors (Lipinski definition) is 3. The minimum Gasteiger partial charge on any atom is -0.482 e. The van der Waals surface area contributed by atoms with Crippen LogP contribution in [0.15, 0.2) is 93.5 Å². The van der Waals surface area contributed by atoms with Crippen LogP contribution in [0.3, 0.4) is 0 Å². The monoisotopic (exact) mass is 435 g/mol. The summed E-state index contributed by atoms with van der Waals surface area (Å²) >= 11 is 0. The Labute approximate surface area is 185 Å². The average Bonchev–Trinajstić information content (AvgIpc) is 2.75. The molecule has 0 aromatic heterocycles. The molecule has 0 aliphatic carbocycles. The van der Waals surface area contributed by atoms with Crippen LogP contribution in [0, 0.1) is 17.7 Å². The summed E-state index contributed by atoms with van der Waals surface area (Å²) in [5.41, 5.74) is -0.849. The van der Waals surface area contributed by atoms with Crippen LogP contribution in [0.1, 0.15) is 20.8 Å². The van der Waals surface area contributed by atoms with E-state index in [0.717, 1.165) is 14.7 Å². The lowest BCUT2D eigenvalue weighted by Gasteiger charge is -2.18. The average molecular weight is 436 g/mol. The van der Waals surface area contributed by atoms with E-state index in [2.05, 4.69) is 24.0 Å². The molecule has 0 spiro atoms. The number of carbonyl (C=O) groups is 1. The summed E-state index contributed by atoms with van der Waals surface area (Å²) in [5.74, 6) is 5.41. The molecule has 3 nitrogen and oxygen atoms in total. The molecule has 158 valence electrons. The Morgan fingerprint density at radius 3 is 2.03 bits per heavy atom. The van der Waals surface area contributed by atoms with Gasteiger partial charge in [0.1, 0.15) is 11.6 Å². The highest BCUT2D eigenvalue weighted by Gasteiger charge is 2.28. The predicted octanol–water partition coefficient (Wildman–Crippen LogP) is 5.65. The third kappa shape index (κ3) is 6.37. The van der Waals surface area contributed by atoms with E-state index in [4.69, 9.17) is 9.47 Å². The summed E-state index contributed by atoms with van der Waals surface area (Å²) in [6, 6.07) is 24.2. The van der Waals surface area contributed by atoms with Crippen LogP contribution in [0.5, 0.6) is 5.75 Å². The van der Waals surface area contributed by atoms with Gasteiger partial charge in [0.25, 0.3) is 0 Å². The molecule has 31 heavy (non-hydrogen) atoms. The van der Waals surface area contributed by atoms with Crippen LogP contribution in [0.25, 0.3) is 0 Å². The Bertz CT molecular complexity index is 1070. The van der Waals surface area contributed by atoms with E-state index in [9.17, 15) is 9.18 Å². The summed E-state index contributed by atoms with van der Waals surface area (Å²) in [7, 11) is -0.389. The van der Waals surface area contributed by atoms with E-state index < -0.39 is 11.6 Å². The maximum atomic E-state index is 13.4. The molecule has 3 rings (SSSR count). The Kier molecular flexibility index (Phi) is 7.38. The molecule has 1 atom stereocenters. The van der Waals surface area contributed by atoms with Crippen molar-refractivity contribution in [3.63, 3.8) is 0 Å². The highest BCUT2D eigenvalue weighted by molar-refractivity contribution is 7.97. The molecule has 1 unspecified atom stereocenters. The Balaban J connectivity index is 1.75. The summed E-state index contributed by atoms with van der Waals surface area (Å²) in [6.45, 7) is 4.96. The lowest BCUT2D eigenvalue weighted by atomic mass is 10.1. The van der Waals surface area contributed by atoms with Crippen molar-refractivity contribution in [3.05, 3.63) is 84.7 Å². The molecule has 0 aliphatic rings. The highest BCUT2D eigenvalue weighted by atomic mass is 32.2. The largest absolute Gasteiger partial charge is 0.482 e. The van der Waals surface area contributed by atoms with Crippen LogP contribution in [0.4, 0.5) is 4.39 Å². The Morgan fingerprint density at radius 1 is 0.903 bits per heavy atom. The zero-order valence-corrected chi connectivity index (χ0v) is 18.5. The van der Waals surface area contributed by atoms with Crippen molar-refractivity contribution in [2.75, 3.05) is 6.61 Å². The fourth-order valence-corrected chi connectivity index (χ4v) is 5.05. The number of esters is 1. The predicted molar refractivity (Wildman–Crippen MR) is 121 cm³/mol. The third-order valence-electron chi connectivity index (χ3n) is 4.24. The van der Waals surface area contributed by atoms with Gasteiger partial charge in [0.15, 0.2) is 26.9 Å². The molecular formula is C26H24FO3S+. The van der Waals surface area contributed by atoms with Gasteiger partial charge >= 0.3 is 5.97 Å². The summed E-state index contributed by atoms with van der Waals surface area (Å²) in [4.78, 5) is 15.2. The molecule has 0 aliphatic heterocycles. The zero-order chi connectivity index (χ0) is 22.3. The van der Waals surface area contributed by atoms with Crippen molar-refractivity contribution >= 4 is 16.9 Å². The number of hydrogen-bond donors (Lipinski definition) is 0. The van der Waals surface area contributed by atoms with Crippen molar-refractivity contribution in [3.8, 4) is 17.6 Å². The van der Waals surface area contributed by atoms with Gasteiger partial charge in [-0.1, -0.05) is 24.1 Å². The van der Waals surface area contributed by atoms with Gasteiger partial charge in [-0.05, 0) is 81.4 Å². The summed E-state index contributed by atoms with van der Waals surface area (Å²) < 4.78 is 24.4. The van der Waals surface area contributed by atoms with Gasteiger partial charge in [0.05, 0.1) is 10.9 Å². The van der Waals surface area contributed by atoms with Crippen molar-refractivity contribution < 1.29 is 18.7 Å². The standard InChI is InChI=1S/C26H24FO3S/c1-4-18-26(2,3)30-25(28)19-29-21-12-16-24(17-13-21)31(22-8-6-5-7-9-22)23-14-10-20(27)11-15-23/h5-17H,19H2,1-3H3/q+1. The van der Waals surface area contributed by atoms with Crippen molar-refractivity contribution in [1.29, 1.82) is 0 Å². The smallest absolute Gasteiger partial charge is 0.345 e. The molecule has 0 N–H and O–H groups in total. The van der Waals surface area contributed by atoms with Gasteiger partial charge in [-0.15, -0.1) is 5.92 Å². The quantitative estimate of drug-likeness (QED) is 0.274. The summed E-state index contributed by atoms with van der Waals surface area (Å²) in [5, 5.41) is 0. The lowest BCUT2D eigenvalue weighted by molar-refractivity contribution is -0.154. The van der Waals surface area contributed by atoms with E-state index in [1.807, 2.05) is 54.6 Å². The number of carbonyl (C=O) groups excluding carboxylic acids is 1. The Morgan fingerprint density at radius 2 is 1.45 bits per heavy atom.